The van der Waals surface area contributed by atoms with Crippen molar-refractivity contribution in [2.24, 2.45) is 5.73 Å². The molecule has 0 saturated heterocycles. The molecule has 2 aromatic carbocycles. The van der Waals surface area contributed by atoms with Crippen molar-refractivity contribution >= 4 is 10.9 Å². The first-order chi connectivity index (χ1) is 10.2. The smallest absolute Gasteiger partial charge is 0.165 e. The SMILES string of the molecule is COc1ccc(C(N)c2ccnc3ccccc23)cc1F. The summed E-state index contributed by atoms with van der Waals surface area (Å²) in [6.07, 6.45) is 1.72. The lowest BCUT2D eigenvalue weighted by molar-refractivity contribution is 0.386. The number of rotatable bonds is 3. The maximum Gasteiger partial charge on any atom is 0.165 e. The second-order valence-corrected chi connectivity index (χ2v) is 4.79. The third-order valence-corrected chi connectivity index (χ3v) is 3.55. The zero-order valence-electron chi connectivity index (χ0n) is 11.6. The lowest BCUT2D eigenvalue weighted by Gasteiger charge is -2.15. The molecule has 3 aromatic rings. The standard InChI is InChI=1S/C17H15FN2O/c1-21-16-7-6-11(10-14(16)18)17(19)13-8-9-20-15-5-3-2-4-12(13)15/h2-10,17H,19H2,1H3. The summed E-state index contributed by atoms with van der Waals surface area (Å²) in [4.78, 5) is 4.31. The molecular weight excluding hydrogens is 267 g/mol. The largest absolute Gasteiger partial charge is 0.494 e. The van der Waals surface area contributed by atoms with Crippen LogP contribution >= 0.6 is 0 Å². The number of nitrogens with two attached hydrogens (primary N) is 1. The highest BCUT2D eigenvalue weighted by atomic mass is 19.1. The molecule has 0 bridgehead atoms. The number of hydrogen-bond donors (Lipinski definition) is 1. The van der Waals surface area contributed by atoms with E-state index in [1.807, 2.05) is 30.3 Å². The zero-order valence-corrected chi connectivity index (χ0v) is 11.6. The van der Waals surface area contributed by atoms with E-state index in [1.165, 1.54) is 13.2 Å². The lowest BCUT2D eigenvalue weighted by Crippen LogP contribution is -2.13. The summed E-state index contributed by atoms with van der Waals surface area (Å²) >= 11 is 0. The number of methoxy groups -OCH3 is 1. The molecule has 2 N–H and O–H groups in total. The Morgan fingerprint density at radius 2 is 1.95 bits per heavy atom. The summed E-state index contributed by atoms with van der Waals surface area (Å²) in [7, 11) is 1.44. The first-order valence-electron chi connectivity index (χ1n) is 6.63. The van der Waals surface area contributed by atoms with Crippen molar-refractivity contribution in [1.29, 1.82) is 0 Å². The Balaban J connectivity index is 2.08. The van der Waals surface area contributed by atoms with Crippen LogP contribution in [0.15, 0.2) is 54.7 Å². The molecule has 0 fully saturated rings. The lowest BCUT2D eigenvalue weighted by atomic mass is 9.96. The molecule has 1 unspecified atom stereocenters. The predicted octanol–water partition coefficient (Wildman–Crippen LogP) is 3.43. The van der Waals surface area contributed by atoms with Gasteiger partial charge in [0.1, 0.15) is 0 Å². The van der Waals surface area contributed by atoms with Crippen molar-refractivity contribution in [2.75, 3.05) is 7.11 Å². The zero-order chi connectivity index (χ0) is 14.8. The van der Waals surface area contributed by atoms with Crippen LogP contribution in [0.25, 0.3) is 10.9 Å². The summed E-state index contributed by atoms with van der Waals surface area (Å²) in [5, 5.41) is 0.976. The highest BCUT2D eigenvalue weighted by Gasteiger charge is 2.14. The van der Waals surface area contributed by atoms with Crippen molar-refractivity contribution in [3.8, 4) is 5.75 Å². The molecule has 21 heavy (non-hydrogen) atoms. The van der Waals surface area contributed by atoms with Crippen LogP contribution in [0.3, 0.4) is 0 Å². The molecule has 3 rings (SSSR count). The van der Waals surface area contributed by atoms with Gasteiger partial charge in [0.15, 0.2) is 11.6 Å². The number of halogens is 1. The summed E-state index contributed by atoms with van der Waals surface area (Å²) < 4.78 is 18.8. The normalized spacial score (nSPS) is 12.3. The fourth-order valence-corrected chi connectivity index (χ4v) is 2.44. The highest BCUT2D eigenvalue weighted by molar-refractivity contribution is 5.82. The van der Waals surface area contributed by atoms with Gasteiger partial charge in [-0.3, -0.25) is 4.98 Å². The molecule has 0 saturated carbocycles. The van der Waals surface area contributed by atoms with Gasteiger partial charge < -0.3 is 10.5 Å². The van der Waals surface area contributed by atoms with E-state index in [4.69, 9.17) is 10.5 Å². The van der Waals surface area contributed by atoms with Crippen LogP contribution in [0.1, 0.15) is 17.2 Å². The molecule has 0 spiro atoms. The van der Waals surface area contributed by atoms with E-state index >= 15 is 0 Å². The Morgan fingerprint density at radius 1 is 1.14 bits per heavy atom. The highest BCUT2D eigenvalue weighted by Crippen LogP contribution is 2.28. The molecule has 106 valence electrons. The van der Waals surface area contributed by atoms with E-state index < -0.39 is 11.9 Å². The van der Waals surface area contributed by atoms with E-state index in [-0.39, 0.29) is 5.75 Å². The summed E-state index contributed by atoms with van der Waals surface area (Å²) in [5.41, 5.74) is 8.80. The van der Waals surface area contributed by atoms with E-state index in [0.29, 0.717) is 5.56 Å². The number of hydrogen-bond acceptors (Lipinski definition) is 3. The van der Waals surface area contributed by atoms with Gasteiger partial charge in [-0.15, -0.1) is 0 Å². The quantitative estimate of drug-likeness (QED) is 0.800. The Labute approximate surface area is 122 Å². The number of para-hydroxylation sites is 1. The molecule has 1 atom stereocenters. The molecule has 0 aliphatic heterocycles. The monoisotopic (exact) mass is 282 g/mol. The van der Waals surface area contributed by atoms with Gasteiger partial charge in [0.2, 0.25) is 0 Å². The molecule has 0 aliphatic rings. The fourth-order valence-electron chi connectivity index (χ4n) is 2.44. The van der Waals surface area contributed by atoms with E-state index in [1.54, 1.807) is 18.3 Å². The molecule has 0 aliphatic carbocycles. The summed E-state index contributed by atoms with van der Waals surface area (Å²) in [5.74, 6) is -0.200. The van der Waals surface area contributed by atoms with Crippen molar-refractivity contribution in [3.63, 3.8) is 0 Å². The summed E-state index contributed by atoms with van der Waals surface area (Å²) in [6, 6.07) is 14.0. The molecule has 0 amide bonds. The van der Waals surface area contributed by atoms with Crippen molar-refractivity contribution in [1.82, 2.24) is 4.98 Å². The number of ether oxygens (including phenoxy) is 1. The maximum atomic E-state index is 13.8. The fraction of sp³-hybridized carbons (Fsp3) is 0.118. The van der Waals surface area contributed by atoms with Crippen LogP contribution in [0, 0.1) is 5.82 Å². The molecule has 3 nitrogen and oxygen atoms in total. The first-order valence-corrected chi connectivity index (χ1v) is 6.63. The van der Waals surface area contributed by atoms with Crippen LogP contribution < -0.4 is 10.5 Å². The Kier molecular flexibility index (Phi) is 3.54. The van der Waals surface area contributed by atoms with Crippen molar-refractivity contribution in [3.05, 3.63) is 71.7 Å². The number of nitrogens with zero attached hydrogens (tertiary/aromatic N) is 1. The second-order valence-electron chi connectivity index (χ2n) is 4.79. The van der Waals surface area contributed by atoms with Crippen LogP contribution in [-0.2, 0) is 0 Å². The van der Waals surface area contributed by atoms with Gasteiger partial charge in [-0.25, -0.2) is 4.39 Å². The molecule has 1 aromatic heterocycles. The number of benzene rings is 2. The van der Waals surface area contributed by atoms with Gasteiger partial charge in [-0.1, -0.05) is 24.3 Å². The van der Waals surface area contributed by atoms with Crippen molar-refractivity contribution in [2.45, 2.75) is 6.04 Å². The first kappa shape index (κ1) is 13.5. The van der Waals surface area contributed by atoms with Crippen LogP contribution in [0.4, 0.5) is 4.39 Å². The minimum absolute atomic E-state index is 0.213. The molecule has 1 heterocycles. The van der Waals surface area contributed by atoms with E-state index in [2.05, 4.69) is 4.98 Å². The van der Waals surface area contributed by atoms with Gasteiger partial charge in [0.05, 0.1) is 18.7 Å². The van der Waals surface area contributed by atoms with E-state index in [0.717, 1.165) is 16.5 Å². The topological polar surface area (TPSA) is 48.1 Å². The predicted molar refractivity (Wildman–Crippen MR) is 80.7 cm³/mol. The summed E-state index contributed by atoms with van der Waals surface area (Å²) in [6.45, 7) is 0. The van der Waals surface area contributed by atoms with Crippen molar-refractivity contribution < 1.29 is 9.13 Å². The van der Waals surface area contributed by atoms with Gasteiger partial charge in [0.25, 0.3) is 0 Å². The molecular formula is C17H15FN2O. The van der Waals surface area contributed by atoms with Gasteiger partial charge in [0, 0.05) is 11.6 Å². The third kappa shape index (κ3) is 2.45. The van der Waals surface area contributed by atoms with Crippen LogP contribution in [0.5, 0.6) is 5.75 Å². The van der Waals surface area contributed by atoms with Crippen LogP contribution in [0.2, 0.25) is 0 Å². The minimum atomic E-state index is -0.418. The Hall–Kier alpha value is -2.46. The van der Waals surface area contributed by atoms with Crippen LogP contribution in [-0.4, -0.2) is 12.1 Å². The number of aromatic nitrogens is 1. The Bertz CT molecular complexity index is 783. The average Bonchev–Trinajstić information content (AvgIpc) is 2.53. The van der Waals surface area contributed by atoms with Gasteiger partial charge in [-0.05, 0) is 35.4 Å². The number of fused-ring (bicyclic) bond motifs is 1. The average molecular weight is 282 g/mol. The van der Waals surface area contributed by atoms with Gasteiger partial charge >= 0.3 is 0 Å². The van der Waals surface area contributed by atoms with E-state index in [9.17, 15) is 4.39 Å². The maximum absolute atomic E-state index is 13.8. The third-order valence-electron chi connectivity index (χ3n) is 3.55. The Morgan fingerprint density at radius 3 is 2.71 bits per heavy atom. The van der Waals surface area contributed by atoms with Gasteiger partial charge in [-0.2, -0.15) is 0 Å². The minimum Gasteiger partial charge on any atom is -0.494 e. The number of pyridine rings is 1. The molecule has 4 heteroatoms. The second kappa shape index (κ2) is 5.50. The molecule has 0 radical (unpaired) electrons.